The predicted octanol–water partition coefficient (Wildman–Crippen LogP) is 4.31. The van der Waals surface area contributed by atoms with Crippen LogP contribution in [0.4, 0.5) is 10.5 Å². The van der Waals surface area contributed by atoms with Crippen LogP contribution in [0.1, 0.15) is 38.7 Å². The molecule has 8 nitrogen and oxygen atoms in total. The lowest BCUT2D eigenvalue weighted by molar-refractivity contribution is -0.151. The number of carbonyl (C=O) groups is 3. The summed E-state index contributed by atoms with van der Waals surface area (Å²) in [5, 5.41) is 2.92. The maximum absolute atomic E-state index is 13.1. The molecule has 0 unspecified atom stereocenters. The number of urea groups is 1. The van der Waals surface area contributed by atoms with Gasteiger partial charge in [-0.3, -0.25) is 9.59 Å². The average molecular weight is 482 g/mol. The van der Waals surface area contributed by atoms with E-state index in [1.165, 1.54) is 0 Å². The lowest BCUT2D eigenvalue weighted by Crippen LogP contribution is -2.43. The minimum absolute atomic E-state index is 0.0146. The van der Waals surface area contributed by atoms with E-state index in [1.807, 2.05) is 49.4 Å². The standard InChI is InChI=1S/C27H35N3O5/c1-3-34-24-12-10-23(11-13-24)28-27(33)30(20-21-8-6-5-7-9-21)19-16-25(31)29-17-14-22(15-18-29)26(32)35-4-2/h5-13,22H,3-4,14-20H2,1-2H3,(H,28,33). The third-order valence-electron chi connectivity index (χ3n) is 5.98. The van der Waals surface area contributed by atoms with Crippen molar-refractivity contribution in [1.29, 1.82) is 0 Å². The van der Waals surface area contributed by atoms with Gasteiger partial charge in [0.2, 0.25) is 5.91 Å². The number of carbonyl (C=O) groups excluding carboxylic acids is 3. The minimum atomic E-state index is -0.271. The molecule has 1 N–H and O–H groups in total. The molecule has 2 aromatic carbocycles. The number of nitrogens with one attached hydrogen (secondary N) is 1. The van der Waals surface area contributed by atoms with Gasteiger partial charge in [0.15, 0.2) is 0 Å². The van der Waals surface area contributed by atoms with Crippen LogP contribution in [-0.2, 0) is 20.9 Å². The summed E-state index contributed by atoms with van der Waals surface area (Å²) in [6, 6.07) is 16.6. The van der Waals surface area contributed by atoms with Crippen molar-refractivity contribution in [3.8, 4) is 5.75 Å². The second-order valence-corrected chi connectivity index (χ2v) is 8.45. The molecule has 1 heterocycles. The van der Waals surface area contributed by atoms with Crippen molar-refractivity contribution in [3.05, 3.63) is 60.2 Å². The van der Waals surface area contributed by atoms with E-state index in [0.717, 1.165) is 11.3 Å². The fraction of sp³-hybridized carbons (Fsp3) is 0.444. The first-order valence-electron chi connectivity index (χ1n) is 12.3. The smallest absolute Gasteiger partial charge is 0.322 e. The number of amides is 3. The maximum Gasteiger partial charge on any atom is 0.322 e. The van der Waals surface area contributed by atoms with Gasteiger partial charge in [0, 0.05) is 38.3 Å². The van der Waals surface area contributed by atoms with Crippen molar-refractivity contribution in [3.63, 3.8) is 0 Å². The lowest BCUT2D eigenvalue weighted by atomic mass is 9.97. The number of benzene rings is 2. The monoisotopic (exact) mass is 481 g/mol. The van der Waals surface area contributed by atoms with Crippen molar-refractivity contribution in [1.82, 2.24) is 9.80 Å². The number of hydrogen-bond donors (Lipinski definition) is 1. The second-order valence-electron chi connectivity index (χ2n) is 8.45. The largest absolute Gasteiger partial charge is 0.494 e. The number of esters is 1. The first-order valence-corrected chi connectivity index (χ1v) is 12.3. The molecule has 1 saturated heterocycles. The quantitative estimate of drug-likeness (QED) is 0.511. The highest BCUT2D eigenvalue weighted by atomic mass is 16.5. The van der Waals surface area contributed by atoms with Gasteiger partial charge in [-0.25, -0.2) is 4.79 Å². The Morgan fingerprint density at radius 1 is 0.971 bits per heavy atom. The van der Waals surface area contributed by atoms with Crippen molar-refractivity contribution in [2.45, 2.75) is 39.7 Å². The number of nitrogens with zero attached hydrogens (tertiary/aromatic N) is 2. The Labute approximate surface area is 207 Å². The number of anilines is 1. The first kappa shape index (κ1) is 26.1. The van der Waals surface area contributed by atoms with Crippen LogP contribution in [0, 0.1) is 5.92 Å². The molecule has 188 valence electrons. The molecule has 0 atom stereocenters. The van der Waals surface area contributed by atoms with E-state index in [1.54, 1.807) is 28.9 Å². The highest BCUT2D eigenvalue weighted by Crippen LogP contribution is 2.20. The summed E-state index contributed by atoms with van der Waals surface area (Å²) >= 11 is 0. The summed E-state index contributed by atoms with van der Waals surface area (Å²) in [6.45, 7) is 6.39. The predicted molar refractivity (Wildman–Crippen MR) is 134 cm³/mol. The molecular weight excluding hydrogens is 446 g/mol. The number of rotatable bonds is 10. The molecule has 0 aliphatic carbocycles. The zero-order valence-corrected chi connectivity index (χ0v) is 20.6. The van der Waals surface area contributed by atoms with Gasteiger partial charge in [-0.15, -0.1) is 0 Å². The molecule has 1 fully saturated rings. The van der Waals surface area contributed by atoms with Crippen LogP contribution >= 0.6 is 0 Å². The minimum Gasteiger partial charge on any atom is -0.494 e. The number of piperidine rings is 1. The highest BCUT2D eigenvalue weighted by Gasteiger charge is 2.28. The van der Waals surface area contributed by atoms with Gasteiger partial charge in [-0.1, -0.05) is 30.3 Å². The van der Waals surface area contributed by atoms with Crippen LogP contribution in [0.15, 0.2) is 54.6 Å². The average Bonchev–Trinajstić information content (AvgIpc) is 2.88. The van der Waals surface area contributed by atoms with E-state index in [4.69, 9.17) is 9.47 Å². The van der Waals surface area contributed by atoms with Gasteiger partial charge in [0.1, 0.15) is 5.75 Å². The molecule has 0 radical (unpaired) electrons. The van der Waals surface area contributed by atoms with Gasteiger partial charge in [0.05, 0.1) is 19.1 Å². The molecule has 3 amide bonds. The summed E-state index contributed by atoms with van der Waals surface area (Å²) in [7, 11) is 0. The van der Waals surface area contributed by atoms with Crippen LogP contribution < -0.4 is 10.1 Å². The van der Waals surface area contributed by atoms with Crippen molar-refractivity contribution in [2.24, 2.45) is 5.92 Å². The third kappa shape index (κ3) is 8.02. The molecule has 8 heteroatoms. The van der Waals surface area contributed by atoms with E-state index in [9.17, 15) is 14.4 Å². The van der Waals surface area contributed by atoms with Gasteiger partial charge >= 0.3 is 12.0 Å². The van der Waals surface area contributed by atoms with Crippen molar-refractivity contribution < 1.29 is 23.9 Å². The molecule has 35 heavy (non-hydrogen) atoms. The zero-order valence-electron chi connectivity index (χ0n) is 20.6. The summed E-state index contributed by atoms with van der Waals surface area (Å²) < 4.78 is 10.6. The molecule has 3 rings (SSSR count). The Hall–Kier alpha value is -3.55. The maximum atomic E-state index is 13.1. The van der Waals surface area contributed by atoms with Crippen LogP contribution in [0.3, 0.4) is 0 Å². The van der Waals surface area contributed by atoms with Crippen LogP contribution in [0.25, 0.3) is 0 Å². The topological polar surface area (TPSA) is 88.2 Å². The number of hydrogen-bond acceptors (Lipinski definition) is 5. The molecule has 1 aliphatic rings. The summed E-state index contributed by atoms with van der Waals surface area (Å²) in [5.41, 5.74) is 1.64. The van der Waals surface area contributed by atoms with Crippen LogP contribution in [-0.4, -0.2) is 60.6 Å². The van der Waals surface area contributed by atoms with E-state index in [2.05, 4.69) is 5.32 Å². The number of ether oxygens (including phenoxy) is 2. The second kappa shape index (κ2) is 13.4. The van der Waals surface area contributed by atoms with Crippen LogP contribution in [0.5, 0.6) is 5.75 Å². The Morgan fingerprint density at radius 3 is 2.29 bits per heavy atom. The van der Waals surface area contributed by atoms with E-state index >= 15 is 0 Å². The normalized spacial score (nSPS) is 13.7. The fourth-order valence-corrected chi connectivity index (χ4v) is 4.07. The summed E-state index contributed by atoms with van der Waals surface area (Å²) in [6.07, 6.45) is 1.43. The lowest BCUT2D eigenvalue weighted by Gasteiger charge is -2.31. The Balaban J connectivity index is 1.58. The zero-order chi connectivity index (χ0) is 25.0. The van der Waals surface area contributed by atoms with Gasteiger partial charge < -0.3 is 24.6 Å². The van der Waals surface area contributed by atoms with Gasteiger partial charge in [-0.2, -0.15) is 0 Å². The van der Waals surface area contributed by atoms with E-state index < -0.39 is 0 Å². The van der Waals surface area contributed by atoms with Crippen molar-refractivity contribution in [2.75, 3.05) is 38.2 Å². The van der Waals surface area contributed by atoms with Crippen molar-refractivity contribution >= 4 is 23.6 Å². The Morgan fingerprint density at radius 2 is 1.66 bits per heavy atom. The molecule has 0 bridgehead atoms. The van der Waals surface area contributed by atoms with Crippen LogP contribution in [0.2, 0.25) is 0 Å². The molecule has 0 spiro atoms. The SMILES string of the molecule is CCOC(=O)C1CCN(C(=O)CCN(Cc2ccccc2)C(=O)Nc2ccc(OCC)cc2)CC1. The highest BCUT2D eigenvalue weighted by molar-refractivity contribution is 5.89. The number of likely N-dealkylation sites (tertiary alicyclic amines) is 1. The summed E-state index contributed by atoms with van der Waals surface area (Å²) in [5.74, 6) is 0.399. The molecule has 1 aliphatic heterocycles. The Kier molecular flexibility index (Phi) is 9.95. The fourth-order valence-electron chi connectivity index (χ4n) is 4.07. The summed E-state index contributed by atoms with van der Waals surface area (Å²) in [4.78, 5) is 41.4. The van der Waals surface area contributed by atoms with Gasteiger partial charge in [0.25, 0.3) is 0 Å². The van der Waals surface area contributed by atoms with E-state index in [-0.39, 0.29) is 36.8 Å². The Bertz CT molecular complexity index is 957. The molecule has 0 aromatic heterocycles. The van der Waals surface area contributed by atoms with E-state index in [0.29, 0.717) is 51.4 Å². The molecular formula is C27H35N3O5. The molecule has 2 aromatic rings. The first-order chi connectivity index (χ1) is 17.0. The van der Waals surface area contributed by atoms with Gasteiger partial charge in [-0.05, 0) is 56.5 Å². The molecule has 0 saturated carbocycles. The third-order valence-corrected chi connectivity index (χ3v) is 5.98.